The molecular formula is C15H18ClNO2. The van der Waals surface area contributed by atoms with E-state index in [1.54, 1.807) is 12.1 Å². The lowest BCUT2D eigenvalue weighted by atomic mass is 9.99. The van der Waals surface area contributed by atoms with Crippen molar-refractivity contribution >= 4 is 23.6 Å². The lowest BCUT2D eigenvalue weighted by molar-refractivity contribution is -0.118. The van der Waals surface area contributed by atoms with Gasteiger partial charge in [-0.15, -0.1) is 0 Å². The number of aliphatic hydroxyl groups excluding tert-OH is 1. The smallest absolute Gasteiger partial charge is 0.244 e. The van der Waals surface area contributed by atoms with Crippen molar-refractivity contribution in [2.24, 2.45) is 0 Å². The van der Waals surface area contributed by atoms with Gasteiger partial charge in [0.25, 0.3) is 0 Å². The maximum atomic E-state index is 11.9. The van der Waals surface area contributed by atoms with Crippen LogP contribution in [-0.2, 0) is 4.79 Å². The number of benzene rings is 1. The summed E-state index contributed by atoms with van der Waals surface area (Å²) in [6, 6.07) is 7.35. The summed E-state index contributed by atoms with van der Waals surface area (Å²) in [6.07, 6.45) is 6.95. The second kappa shape index (κ2) is 6.22. The molecule has 102 valence electrons. The lowest BCUT2D eigenvalue weighted by Crippen LogP contribution is -2.48. The average Bonchev–Trinajstić information content (AvgIpc) is 2.87. The highest BCUT2D eigenvalue weighted by Gasteiger charge is 2.33. The second-order valence-electron chi connectivity index (χ2n) is 4.99. The van der Waals surface area contributed by atoms with Crippen LogP contribution in [0.4, 0.5) is 0 Å². The van der Waals surface area contributed by atoms with Crippen molar-refractivity contribution in [2.75, 3.05) is 6.61 Å². The van der Waals surface area contributed by atoms with E-state index in [9.17, 15) is 9.90 Å². The molecule has 0 bridgehead atoms. The molecule has 1 amide bonds. The summed E-state index contributed by atoms with van der Waals surface area (Å²) in [7, 11) is 0. The number of amides is 1. The number of carbonyl (C=O) groups is 1. The molecule has 4 heteroatoms. The van der Waals surface area contributed by atoms with Crippen molar-refractivity contribution in [1.29, 1.82) is 0 Å². The Labute approximate surface area is 118 Å². The van der Waals surface area contributed by atoms with Crippen molar-refractivity contribution < 1.29 is 9.90 Å². The summed E-state index contributed by atoms with van der Waals surface area (Å²) in [6.45, 7) is -0.00132. The number of halogens is 1. The molecule has 1 aromatic rings. The van der Waals surface area contributed by atoms with Crippen molar-refractivity contribution in [3.8, 4) is 0 Å². The normalized spacial score (nSPS) is 17.8. The maximum Gasteiger partial charge on any atom is 0.244 e. The monoisotopic (exact) mass is 279 g/mol. The number of hydrogen-bond donors (Lipinski definition) is 2. The van der Waals surface area contributed by atoms with E-state index in [4.69, 9.17) is 11.6 Å². The molecule has 1 fully saturated rings. The molecule has 0 unspecified atom stereocenters. The second-order valence-corrected chi connectivity index (χ2v) is 5.40. The van der Waals surface area contributed by atoms with Crippen LogP contribution < -0.4 is 5.32 Å². The third-order valence-corrected chi connectivity index (χ3v) is 3.92. The molecule has 1 aliphatic carbocycles. The molecule has 1 aliphatic rings. The van der Waals surface area contributed by atoms with Gasteiger partial charge in [-0.05, 0) is 30.5 Å². The zero-order chi connectivity index (χ0) is 13.7. The fraction of sp³-hybridized carbons (Fsp3) is 0.400. The maximum absolute atomic E-state index is 11.9. The first-order chi connectivity index (χ1) is 9.15. The Kier molecular flexibility index (Phi) is 4.61. The largest absolute Gasteiger partial charge is 0.394 e. The first-order valence-electron chi connectivity index (χ1n) is 6.51. The van der Waals surface area contributed by atoms with Crippen LogP contribution >= 0.6 is 11.6 Å². The summed E-state index contributed by atoms with van der Waals surface area (Å²) in [5, 5.41) is 13.0. The van der Waals surface area contributed by atoms with E-state index < -0.39 is 5.54 Å². The molecule has 2 rings (SSSR count). The van der Waals surface area contributed by atoms with E-state index >= 15 is 0 Å². The Morgan fingerprint density at radius 2 is 2.05 bits per heavy atom. The first kappa shape index (κ1) is 14.1. The van der Waals surface area contributed by atoms with Crippen LogP contribution in [0.5, 0.6) is 0 Å². The van der Waals surface area contributed by atoms with Crippen LogP contribution in [0.15, 0.2) is 30.3 Å². The fourth-order valence-corrected chi connectivity index (χ4v) is 2.65. The summed E-state index contributed by atoms with van der Waals surface area (Å²) in [5.74, 6) is -0.184. The highest BCUT2D eigenvalue weighted by atomic mass is 35.5. The molecule has 0 heterocycles. The molecule has 1 saturated carbocycles. The van der Waals surface area contributed by atoms with Crippen LogP contribution in [0.3, 0.4) is 0 Å². The number of carbonyl (C=O) groups excluding carboxylic acids is 1. The Morgan fingerprint density at radius 1 is 1.37 bits per heavy atom. The van der Waals surface area contributed by atoms with Gasteiger partial charge in [0, 0.05) is 11.1 Å². The van der Waals surface area contributed by atoms with Gasteiger partial charge in [-0.3, -0.25) is 4.79 Å². The first-order valence-corrected chi connectivity index (χ1v) is 6.89. The molecule has 0 radical (unpaired) electrons. The Bertz CT molecular complexity index is 479. The molecule has 2 N–H and O–H groups in total. The summed E-state index contributed by atoms with van der Waals surface area (Å²) < 4.78 is 0. The minimum atomic E-state index is -0.429. The van der Waals surface area contributed by atoms with Gasteiger partial charge < -0.3 is 10.4 Å². The highest BCUT2D eigenvalue weighted by molar-refractivity contribution is 6.32. The topological polar surface area (TPSA) is 49.3 Å². The van der Waals surface area contributed by atoms with E-state index in [2.05, 4.69) is 5.32 Å². The molecule has 1 aromatic carbocycles. The molecule has 0 aliphatic heterocycles. The van der Waals surface area contributed by atoms with Gasteiger partial charge in [0.05, 0.1) is 12.1 Å². The van der Waals surface area contributed by atoms with Gasteiger partial charge in [0.1, 0.15) is 0 Å². The van der Waals surface area contributed by atoms with Crippen molar-refractivity contribution in [3.05, 3.63) is 40.9 Å². The number of aliphatic hydroxyl groups is 1. The van der Waals surface area contributed by atoms with Crippen LogP contribution in [0.25, 0.3) is 6.08 Å². The Hall–Kier alpha value is -1.32. The van der Waals surface area contributed by atoms with Crippen LogP contribution in [0.2, 0.25) is 5.02 Å². The minimum absolute atomic E-state index is 0.00132. The van der Waals surface area contributed by atoms with E-state index in [1.807, 2.05) is 18.2 Å². The molecule has 19 heavy (non-hydrogen) atoms. The quantitative estimate of drug-likeness (QED) is 0.833. The lowest BCUT2D eigenvalue weighted by Gasteiger charge is -2.27. The summed E-state index contributed by atoms with van der Waals surface area (Å²) in [4.78, 5) is 11.9. The predicted octanol–water partition coefficient (Wildman–Crippen LogP) is 2.77. The number of hydrogen-bond acceptors (Lipinski definition) is 2. The summed E-state index contributed by atoms with van der Waals surface area (Å²) >= 11 is 6.01. The molecule has 0 spiro atoms. The van der Waals surface area contributed by atoms with E-state index in [0.717, 1.165) is 31.2 Å². The molecular weight excluding hydrogens is 262 g/mol. The fourth-order valence-electron chi connectivity index (χ4n) is 2.45. The van der Waals surface area contributed by atoms with E-state index in [-0.39, 0.29) is 12.5 Å². The van der Waals surface area contributed by atoms with Crippen molar-refractivity contribution in [2.45, 2.75) is 31.2 Å². The van der Waals surface area contributed by atoms with Gasteiger partial charge >= 0.3 is 0 Å². The van der Waals surface area contributed by atoms with E-state index in [0.29, 0.717) is 5.02 Å². The van der Waals surface area contributed by atoms with Gasteiger partial charge in [-0.1, -0.05) is 42.6 Å². The third kappa shape index (κ3) is 3.58. The zero-order valence-electron chi connectivity index (χ0n) is 10.7. The van der Waals surface area contributed by atoms with Gasteiger partial charge in [-0.25, -0.2) is 0 Å². The standard InChI is InChI=1S/C15H18ClNO2/c16-13-6-2-1-5-12(13)7-8-14(19)17-15(11-18)9-3-4-10-15/h1-2,5-8,18H,3-4,9-11H2,(H,17,19). The number of rotatable bonds is 4. The molecule has 0 saturated heterocycles. The third-order valence-electron chi connectivity index (χ3n) is 3.57. The SMILES string of the molecule is O=C(C=Cc1ccccc1Cl)NC1(CO)CCCC1. The minimum Gasteiger partial charge on any atom is -0.394 e. The van der Waals surface area contributed by atoms with Crippen molar-refractivity contribution in [3.63, 3.8) is 0 Å². The molecule has 0 aromatic heterocycles. The average molecular weight is 280 g/mol. The summed E-state index contributed by atoms with van der Waals surface area (Å²) in [5.41, 5.74) is 0.380. The van der Waals surface area contributed by atoms with Crippen LogP contribution in [0, 0.1) is 0 Å². The van der Waals surface area contributed by atoms with E-state index in [1.165, 1.54) is 6.08 Å². The van der Waals surface area contributed by atoms with Gasteiger partial charge in [0.15, 0.2) is 0 Å². The Balaban J connectivity index is 2.00. The van der Waals surface area contributed by atoms with Crippen molar-refractivity contribution in [1.82, 2.24) is 5.32 Å². The number of nitrogens with one attached hydrogen (secondary N) is 1. The van der Waals surface area contributed by atoms with Crippen LogP contribution in [-0.4, -0.2) is 23.2 Å². The predicted molar refractivity (Wildman–Crippen MR) is 76.9 cm³/mol. The zero-order valence-corrected chi connectivity index (χ0v) is 11.5. The molecule has 3 nitrogen and oxygen atoms in total. The molecule has 0 atom stereocenters. The van der Waals surface area contributed by atoms with Gasteiger partial charge in [0.2, 0.25) is 5.91 Å². The Morgan fingerprint density at radius 3 is 2.68 bits per heavy atom. The van der Waals surface area contributed by atoms with Gasteiger partial charge in [-0.2, -0.15) is 0 Å². The highest BCUT2D eigenvalue weighted by Crippen LogP contribution is 2.29. The van der Waals surface area contributed by atoms with Crippen LogP contribution in [0.1, 0.15) is 31.2 Å².